The number of benzene rings is 9. The smallest absolute Gasteiger partial charge is 0.267 e. The van der Waals surface area contributed by atoms with Crippen LogP contribution in [0.3, 0.4) is 0 Å². The lowest BCUT2D eigenvalue weighted by molar-refractivity contribution is 0.250. The molecule has 0 spiro atoms. The molecule has 9 aromatic carbocycles. The largest absolute Gasteiger partial charge is 0.303 e. The Morgan fingerprint density at radius 3 is 0.986 bits per heavy atom. The predicted octanol–water partition coefficient (Wildman–Crippen LogP) is 24.5. The molecule has 31 heteroatoms. The van der Waals surface area contributed by atoms with Gasteiger partial charge in [-0.2, -0.15) is 17.2 Å². The first-order chi connectivity index (χ1) is 67.8. The summed E-state index contributed by atoms with van der Waals surface area (Å²) >= 11 is 6.01. The summed E-state index contributed by atoms with van der Waals surface area (Å²) in [4.78, 5) is 4.65. The maximum Gasteiger partial charge on any atom is 0.267 e. The zero-order valence-electron chi connectivity index (χ0n) is 89.7. The average Bonchev–Trinajstić information content (AvgIpc) is 1.66. The Labute approximate surface area is 877 Å². The Morgan fingerprint density at radius 2 is 0.662 bits per heavy atom. The monoisotopic (exact) mass is 2140 g/mol. The van der Waals surface area contributed by atoms with Crippen LogP contribution < -0.4 is 9.44 Å². The Bertz CT molecular complexity index is 6440. The summed E-state index contributed by atoms with van der Waals surface area (Å²) in [5.41, 5.74) is 8.53. The molecule has 22 nitrogen and oxygen atoms in total. The standard InChI is InChI=1S/C18H23NO2S.C17H27NO2S.C17H21NO2S.C14H17NO2S.C14H21NO2S.C13H18ClNO2S.C13H18FNO2S.C8H17N/c1-14(2)18(13-16-7-5-4-6-8-16)19-22(20,21)17-11-9-15(3)10-12-17;1-13(2)16-7-6-12-18(16)21(19,20)15-10-8-14(9-11-15)17(3,4)5;1-13(2)17(15-7-5-4-6-8-15)18-21(19,20)16-11-9-14(3)10-12-16;1-11(2)13-8-9-15(10-13)18(16,17)14-6-4-12(3)5-7-14;1-11(2)14-5-4-10-15(14)18(16,17)13-8-6-12(3)7-9-13;1-10(2)12-7-5-9-15(12)18(16,17)13-8-4-3-6-11(13)14;1-10(2)13-4-3-9-15(13)18(16,17)12-7-5-11(14)6-8-12;1-7(2)8-5-4-6-9(8)3/h4-12,14,18-19H,13H2,1-3H3;8-11,13,16H,6-7,12H2,1-5H3;4-13,17-18H,1-3H3;4-11H,1-3H3;6-9,11,14H,4-5,10H2,1-3H3;3-4,6,8,10,12H,5,7,9H2,1-2H3;5-8,10,13H,3-4,9H2,1-2H3;7-8H,4-6H2,1-3H3. The number of sulfonamides is 6. The van der Waals surface area contributed by atoms with Gasteiger partial charge in [-0.3, -0.25) is 0 Å². The number of nitrogens with zero attached hydrogens (tertiary/aromatic N) is 6. The van der Waals surface area contributed by atoms with Crippen LogP contribution in [0.4, 0.5) is 4.39 Å². The summed E-state index contributed by atoms with van der Waals surface area (Å²) in [6, 6.07) is 69.3. The fraction of sp³-hybridized carbons (Fsp3) is 0.491. The van der Waals surface area contributed by atoms with Crippen LogP contribution in [0.1, 0.15) is 252 Å². The van der Waals surface area contributed by atoms with Gasteiger partial charge in [0.1, 0.15) is 10.7 Å². The van der Waals surface area contributed by atoms with Crippen LogP contribution in [-0.4, -0.2) is 161 Å². The molecule has 145 heavy (non-hydrogen) atoms. The summed E-state index contributed by atoms with van der Waals surface area (Å²) < 4.78 is 202. The molecule has 5 aliphatic heterocycles. The summed E-state index contributed by atoms with van der Waals surface area (Å²) in [6.45, 7) is 51.3. The highest BCUT2D eigenvalue weighted by molar-refractivity contribution is 7.91. The highest BCUT2D eigenvalue weighted by Crippen LogP contribution is 2.38. The van der Waals surface area contributed by atoms with Crippen molar-refractivity contribution in [2.24, 2.45) is 41.4 Å². The third-order valence-corrected chi connectivity index (χ3v) is 40.2. The van der Waals surface area contributed by atoms with Crippen LogP contribution in [0.2, 0.25) is 5.02 Å². The van der Waals surface area contributed by atoms with Gasteiger partial charge in [-0.25, -0.2) is 76.7 Å². The summed E-state index contributed by atoms with van der Waals surface area (Å²) in [5.74, 6) is 2.46. The van der Waals surface area contributed by atoms with E-state index in [1.807, 2.05) is 198 Å². The lowest BCUT2D eigenvalue weighted by Gasteiger charge is -2.27. The van der Waals surface area contributed by atoms with E-state index >= 15 is 0 Å². The number of halogens is 2. The van der Waals surface area contributed by atoms with Crippen molar-refractivity contribution in [2.45, 2.75) is 318 Å². The van der Waals surface area contributed by atoms with E-state index < -0.39 is 76.0 Å². The van der Waals surface area contributed by atoms with Crippen molar-refractivity contribution < 1.29 is 63.3 Å². The van der Waals surface area contributed by atoms with Crippen molar-refractivity contribution in [1.82, 2.24) is 35.5 Å². The Hall–Kier alpha value is -8.15. The van der Waals surface area contributed by atoms with Crippen molar-refractivity contribution in [3.05, 3.63) is 304 Å². The molecule has 0 aliphatic carbocycles. The van der Waals surface area contributed by atoms with Crippen molar-refractivity contribution >= 4 is 81.8 Å². The van der Waals surface area contributed by atoms with Gasteiger partial charge in [-0.1, -0.05) is 299 Å². The summed E-state index contributed by atoms with van der Waals surface area (Å²) in [5, 5.41) is 0.298. The second kappa shape index (κ2) is 54.5. The van der Waals surface area contributed by atoms with Crippen LogP contribution in [0.15, 0.2) is 283 Å². The normalized spacial score (nSPS) is 18.4. The van der Waals surface area contributed by atoms with Gasteiger partial charge in [-0.15, -0.1) is 0 Å². The Morgan fingerprint density at radius 1 is 0.345 bits per heavy atom. The summed E-state index contributed by atoms with van der Waals surface area (Å²) in [7, 11) is -21.9. The van der Waals surface area contributed by atoms with Crippen LogP contribution in [0.25, 0.3) is 0 Å². The first-order valence-corrected chi connectivity index (χ1v) is 61.6. The topological polar surface area (TPSA) is 284 Å². The van der Waals surface area contributed by atoms with Gasteiger partial charge >= 0.3 is 0 Å². The number of aryl methyl sites for hydroxylation is 4. The van der Waals surface area contributed by atoms with Gasteiger partial charge in [0.05, 0.1) is 34.4 Å². The number of rotatable bonds is 27. The van der Waals surface area contributed by atoms with Gasteiger partial charge in [-0.05, 0) is 290 Å². The highest BCUT2D eigenvalue weighted by atomic mass is 35.5. The van der Waals surface area contributed by atoms with E-state index in [1.54, 1.807) is 127 Å². The van der Waals surface area contributed by atoms with Crippen LogP contribution >= 0.6 is 11.6 Å². The fourth-order valence-corrected chi connectivity index (χ4v) is 30.3. The molecule has 0 bridgehead atoms. The van der Waals surface area contributed by atoms with E-state index in [2.05, 4.69) is 97.6 Å². The molecule has 6 heterocycles. The van der Waals surface area contributed by atoms with E-state index in [1.165, 1.54) is 47.6 Å². The van der Waals surface area contributed by atoms with Crippen LogP contribution in [0, 0.1) is 74.9 Å². The van der Waals surface area contributed by atoms with E-state index in [0.29, 0.717) is 91.7 Å². The van der Waals surface area contributed by atoms with Crippen molar-refractivity contribution in [3.63, 3.8) is 0 Å². The minimum absolute atomic E-state index is 0.0381. The average molecular weight is 2150 g/mol. The lowest BCUT2D eigenvalue weighted by atomic mass is 9.87. The number of likely N-dealkylation sites (tertiary alicyclic amines) is 1. The number of aromatic nitrogens is 1. The molecule has 7 unspecified atom stereocenters. The van der Waals surface area contributed by atoms with Gasteiger partial charge < -0.3 is 4.90 Å². The maximum atomic E-state index is 12.8. The van der Waals surface area contributed by atoms with Gasteiger partial charge in [0, 0.05) is 80.9 Å². The first kappa shape index (κ1) is 122. The second-order valence-corrected chi connectivity index (χ2v) is 55.7. The van der Waals surface area contributed by atoms with Crippen molar-refractivity contribution in [3.8, 4) is 0 Å². The third kappa shape index (κ3) is 34.4. The highest BCUT2D eigenvalue weighted by Gasteiger charge is 2.42. The summed E-state index contributed by atoms with van der Waals surface area (Å²) in [6.07, 6.45) is 14.3. The quantitative estimate of drug-likeness (QED) is 0.0484. The second-order valence-electron chi connectivity index (χ2n) is 42.5. The molecular weight excluding hydrogens is 1980 g/mol. The van der Waals surface area contributed by atoms with E-state index in [-0.39, 0.29) is 63.3 Å². The Kier molecular flexibility index (Phi) is 45.9. The lowest BCUT2D eigenvalue weighted by Crippen LogP contribution is -2.40. The molecule has 798 valence electrons. The van der Waals surface area contributed by atoms with Gasteiger partial charge in [0.15, 0.2) is 0 Å². The number of nitrogens with one attached hydrogen (secondary N) is 2. The minimum Gasteiger partial charge on any atom is -0.303 e. The van der Waals surface area contributed by atoms with E-state index in [9.17, 15) is 63.3 Å². The molecule has 10 aromatic rings. The van der Waals surface area contributed by atoms with E-state index in [0.717, 1.165) is 108 Å². The molecule has 15 rings (SSSR count). The molecule has 0 amide bonds. The van der Waals surface area contributed by atoms with Gasteiger partial charge in [0.2, 0.25) is 60.1 Å². The van der Waals surface area contributed by atoms with Crippen molar-refractivity contribution in [2.75, 3.05) is 39.8 Å². The fourth-order valence-electron chi connectivity index (χ4n) is 18.5. The molecule has 5 fully saturated rings. The molecule has 2 N–H and O–H groups in total. The number of hydrogen-bond acceptors (Lipinski definition) is 15. The molecule has 0 radical (unpaired) electrons. The van der Waals surface area contributed by atoms with Crippen LogP contribution in [-0.2, 0) is 82.0 Å². The Balaban J connectivity index is 0.000000204. The SMILES string of the molecule is CC(C)C1CCCN1C.CC(C)C1CCCN1S(=O)(=O)c1ccc(C(C)(C)C)cc1.CC(C)C1CCCN1S(=O)(=O)c1ccc(F)cc1.CC(C)C1CCCN1S(=O)(=O)c1ccccc1Cl.Cc1ccc(S(=O)(=O)N2CCCC2C(C)C)cc1.Cc1ccc(S(=O)(=O)NC(Cc2ccccc2)C(C)C)cc1.Cc1ccc(S(=O)(=O)NC(c2ccccc2)C(C)C)cc1.Cc1ccc(S(=O)(=O)n2ccc(C(C)C)c2)cc1. The first-order valence-electron chi connectivity index (χ1n) is 51.1. The zero-order chi connectivity index (χ0) is 108. The van der Waals surface area contributed by atoms with E-state index in [4.69, 9.17) is 11.6 Å². The molecule has 1 aromatic heterocycles. The molecule has 5 saturated heterocycles. The van der Waals surface area contributed by atoms with Crippen molar-refractivity contribution in [1.29, 1.82) is 0 Å². The number of hydrogen-bond donors (Lipinski definition) is 2. The molecule has 5 aliphatic rings. The minimum atomic E-state index is -3.52. The zero-order valence-corrected chi connectivity index (χ0v) is 96.1. The molecule has 0 saturated carbocycles. The predicted molar refractivity (Wildman–Crippen MR) is 590 cm³/mol. The molecular formula is C114H162ClFN8O14S7. The van der Waals surface area contributed by atoms with Crippen LogP contribution in [0.5, 0.6) is 0 Å². The van der Waals surface area contributed by atoms with Gasteiger partial charge in [0.25, 0.3) is 10.0 Å². The maximum absolute atomic E-state index is 12.8. The third-order valence-electron chi connectivity index (χ3n) is 27.3. The molecule has 7 atom stereocenters.